The van der Waals surface area contributed by atoms with Crippen LogP contribution in [0.3, 0.4) is 0 Å². The van der Waals surface area contributed by atoms with Gasteiger partial charge in [0.05, 0.1) is 0 Å². The first-order valence-electron chi connectivity index (χ1n) is 7.19. The molecule has 0 saturated carbocycles. The molecule has 21 heavy (non-hydrogen) atoms. The molecule has 0 bridgehead atoms. The number of ether oxygens (including phenoxy) is 1. The van der Waals surface area contributed by atoms with E-state index in [0.717, 1.165) is 42.0 Å². The molecule has 0 atom stereocenters. The van der Waals surface area contributed by atoms with Crippen molar-refractivity contribution in [2.75, 3.05) is 6.54 Å². The highest BCUT2D eigenvalue weighted by Crippen LogP contribution is 2.28. The SMILES string of the molecule is CCCNCc1cnc(Oc2cc(C)cc(C)c2)c(Cl)c1. The predicted octanol–water partition coefficient (Wildman–Crippen LogP) is 4.64. The summed E-state index contributed by atoms with van der Waals surface area (Å²) >= 11 is 6.26. The number of benzene rings is 1. The Morgan fingerprint density at radius 3 is 2.48 bits per heavy atom. The van der Waals surface area contributed by atoms with E-state index < -0.39 is 0 Å². The Hall–Kier alpha value is -1.58. The number of aromatic nitrogens is 1. The first-order chi connectivity index (χ1) is 10.1. The molecule has 0 saturated heterocycles. The monoisotopic (exact) mass is 304 g/mol. The molecule has 0 fully saturated rings. The van der Waals surface area contributed by atoms with E-state index in [4.69, 9.17) is 16.3 Å². The van der Waals surface area contributed by atoms with Crippen LogP contribution >= 0.6 is 11.6 Å². The quantitative estimate of drug-likeness (QED) is 0.789. The van der Waals surface area contributed by atoms with Crippen LogP contribution in [0.15, 0.2) is 30.5 Å². The molecule has 0 aliphatic heterocycles. The third kappa shape index (κ3) is 4.73. The molecule has 1 aromatic heterocycles. The van der Waals surface area contributed by atoms with Crippen molar-refractivity contribution in [3.05, 3.63) is 52.2 Å². The van der Waals surface area contributed by atoms with Crippen LogP contribution in [-0.4, -0.2) is 11.5 Å². The Morgan fingerprint density at radius 1 is 1.14 bits per heavy atom. The fourth-order valence-corrected chi connectivity index (χ4v) is 2.38. The van der Waals surface area contributed by atoms with Crippen LogP contribution in [0.1, 0.15) is 30.0 Å². The van der Waals surface area contributed by atoms with Gasteiger partial charge >= 0.3 is 0 Å². The largest absolute Gasteiger partial charge is 0.438 e. The smallest absolute Gasteiger partial charge is 0.238 e. The molecule has 2 aromatic rings. The van der Waals surface area contributed by atoms with Gasteiger partial charge in [0, 0.05) is 12.7 Å². The highest BCUT2D eigenvalue weighted by molar-refractivity contribution is 6.31. The molecule has 1 aromatic carbocycles. The van der Waals surface area contributed by atoms with E-state index in [-0.39, 0.29) is 0 Å². The number of aryl methyl sites for hydroxylation is 2. The van der Waals surface area contributed by atoms with Crippen LogP contribution in [0.2, 0.25) is 5.02 Å². The van der Waals surface area contributed by atoms with Gasteiger partial charge in [-0.3, -0.25) is 0 Å². The summed E-state index contributed by atoms with van der Waals surface area (Å²) in [4.78, 5) is 4.32. The van der Waals surface area contributed by atoms with Crippen molar-refractivity contribution in [2.24, 2.45) is 0 Å². The van der Waals surface area contributed by atoms with Gasteiger partial charge in [-0.05, 0) is 61.7 Å². The number of pyridine rings is 1. The second kappa shape index (κ2) is 7.43. The summed E-state index contributed by atoms with van der Waals surface area (Å²) < 4.78 is 5.79. The molecule has 0 radical (unpaired) electrons. The van der Waals surface area contributed by atoms with Gasteiger partial charge in [0.2, 0.25) is 5.88 Å². The van der Waals surface area contributed by atoms with Gasteiger partial charge in [-0.2, -0.15) is 0 Å². The lowest BCUT2D eigenvalue weighted by Gasteiger charge is -2.10. The summed E-state index contributed by atoms with van der Waals surface area (Å²) in [6, 6.07) is 7.95. The highest BCUT2D eigenvalue weighted by Gasteiger charge is 2.07. The standard InChI is InChI=1S/C17H21ClN2O/c1-4-5-19-10-14-9-16(18)17(20-11-14)21-15-7-12(2)6-13(3)8-15/h6-9,11,19H,4-5,10H2,1-3H3. The summed E-state index contributed by atoms with van der Waals surface area (Å²) in [5.41, 5.74) is 3.37. The zero-order chi connectivity index (χ0) is 15.2. The van der Waals surface area contributed by atoms with E-state index in [0.29, 0.717) is 10.9 Å². The molecule has 0 amide bonds. The van der Waals surface area contributed by atoms with E-state index in [1.165, 1.54) is 0 Å². The first-order valence-corrected chi connectivity index (χ1v) is 7.57. The van der Waals surface area contributed by atoms with Crippen LogP contribution in [-0.2, 0) is 6.54 Å². The molecule has 4 heteroatoms. The van der Waals surface area contributed by atoms with Crippen molar-refractivity contribution in [1.29, 1.82) is 0 Å². The van der Waals surface area contributed by atoms with Crippen LogP contribution < -0.4 is 10.1 Å². The maximum absolute atomic E-state index is 6.26. The second-order valence-corrected chi connectivity index (χ2v) is 5.64. The van der Waals surface area contributed by atoms with Gasteiger partial charge in [-0.25, -0.2) is 4.98 Å². The van der Waals surface area contributed by atoms with Gasteiger partial charge in [-0.15, -0.1) is 0 Å². The van der Waals surface area contributed by atoms with E-state index in [9.17, 15) is 0 Å². The molecule has 0 spiro atoms. The minimum Gasteiger partial charge on any atom is -0.438 e. The zero-order valence-electron chi connectivity index (χ0n) is 12.7. The van der Waals surface area contributed by atoms with Crippen molar-refractivity contribution < 1.29 is 4.74 Å². The number of hydrogen-bond acceptors (Lipinski definition) is 3. The lowest BCUT2D eigenvalue weighted by Crippen LogP contribution is -2.13. The molecule has 0 unspecified atom stereocenters. The molecule has 1 heterocycles. The maximum Gasteiger partial charge on any atom is 0.238 e. The minimum atomic E-state index is 0.445. The maximum atomic E-state index is 6.26. The zero-order valence-corrected chi connectivity index (χ0v) is 13.5. The molecule has 2 rings (SSSR count). The number of halogens is 1. The van der Waals surface area contributed by atoms with Crippen LogP contribution in [0.5, 0.6) is 11.6 Å². The van der Waals surface area contributed by atoms with Crippen molar-refractivity contribution in [3.63, 3.8) is 0 Å². The first kappa shape index (κ1) is 15.8. The molecular formula is C17H21ClN2O. The average Bonchev–Trinajstić information content (AvgIpc) is 2.41. The fourth-order valence-electron chi connectivity index (χ4n) is 2.15. The summed E-state index contributed by atoms with van der Waals surface area (Å²) in [5.74, 6) is 1.21. The van der Waals surface area contributed by atoms with Gasteiger partial charge < -0.3 is 10.1 Å². The summed E-state index contributed by atoms with van der Waals surface area (Å²) in [7, 11) is 0. The van der Waals surface area contributed by atoms with Gasteiger partial charge in [0.25, 0.3) is 0 Å². The molecule has 1 N–H and O–H groups in total. The third-order valence-corrected chi connectivity index (χ3v) is 3.30. The lowest BCUT2D eigenvalue weighted by atomic mass is 10.1. The topological polar surface area (TPSA) is 34.2 Å². The van der Waals surface area contributed by atoms with Crippen molar-refractivity contribution in [3.8, 4) is 11.6 Å². The molecule has 0 aliphatic rings. The van der Waals surface area contributed by atoms with Crippen molar-refractivity contribution in [1.82, 2.24) is 10.3 Å². The van der Waals surface area contributed by atoms with Crippen molar-refractivity contribution in [2.45, 2.75) is 33.7 Å². The second-order valence-electron chi connectivity index (χ2n) is 5.23. The Balaban J connectivity index is 2.10. The predicted molar refractivity (Wildman–Crippen MR) is 87.2 cm³/mol. The Bertz CT molecular complexity index is 593. The molecule has 0 aliphatic carbocycles. The highest BCUT2D eigenvalue weighted by atomic mass is 35.5. The number of nitrogens with zero attached hydrogens (tertiary/aromatic N) is 1. The van der Waals surface area contributed by atoms with Gasteiger partial charge in [0.15, 0.2) is 0 Å². The normalized spacial score (nSPS) is 10.7. The third-order valence-electron chi connectivity index (χ3n) is 3.03. The van der Waals surface area contributed by atoms with Crippen LogP contribution in [0, 0.1) is 13.8 Å². The van der Waals surface area contributed by atoms with Crippen LogP contribution in [0.4, 0.5) is 0 Å². The fraction of sp³-hybridized carbons (Fsp3) is 0.353. The average molecular weight is 305 g/mol. The van der Waals surface area contributed by atoms with E-state index in [1.807, 2.05) is 32.0 Å². The Morgan fingerprint density at radius 2 is 1.86 bits per heavy atom. The van der Waals surface area contributed by atoms with E-state index in [1.54, 1.807) is 6.20 Å². The Kier molecular flexibility index (Phi) is 5.59. The summed E-state index contributed by atoms with van der Waals surface area (Å²) in [6.45, 7) is 7.97. The number of hydrogen-bond donors (Lipinski definition) is 1. The lowest BCUT2D eigenvalue weighted by molar-refractivity contribution is 0.462. The van der Waals surface area contributed by atoms with Crippen molar-refractivity contribution >= 4 is 11.6 Å². The van der Waals surface area contributed by atoms with E-state index >= 15 is 0 Å². The van der Waals surface area contributed by atoms with Gasteiger partial charge in [-0.1, -0.05) is 24.6 Å². The molecule has 112 valence electrons. The number of rotatable bonds is 6. The van der Waals surface area contributed by atoms with Gasteiger partial charge in [0.1, 0.15) is 10.8 Å². The minimum absolute atomic E-state index is 0.445. The molecule has 3 nitrogen and oxygen atoms in total. The summed E-state index contributed by atoms with van der Waals surface area (Å²) in [5, 5.41) is 3.86. The Labute approximate surface area is 131 Å². The van der Waals surface area contributed by atoms with E-state index in [2.05, 4.69) is 23.3 Å². The summed E-state index contributed by atoms with van der Waals surface area (Å²) in [6.07, 6.45) is 2.90. The molecular weight excluding hydrogens is 284 g/mol. The number of nitrogens with one attached hydrogen (secondary N) is 1. The van der Waals surface area contributed by atoms with Crippen LogP contribution in [0.25, 0.3) is 0 Å².